The number of aryl methyl sites for hydroxylation is 1. The highest BCUT2D eigenvalue weighted by molar-refractivity contribution is 5.94. The number of rotatable bonds is 6. The van der Waals surface area contributed by atoms with Crippen molar-refractivity contribution in [3.05, 3.63) is 62.0 Å². The van der Waals surface area contributed by atoms with Crippen molar-refractivity contribution in [2.24, 2.45) is 7.05 Å². The standard InChI is InChI=1S/C23H22F6N4O4/c1-11(12-5-4-6-13(16(12)24)18(25)26)30-19-14-9-33(22(23(27,28)29)7-8-37-10-22)21(35)17(36-3)15(14)20(34)32(2)31-19/h4-6,9,11,18H,7-8,10H2,1-3H3,(H,30,31)/t11-,22-/m1/s1. The Morgan fingerprint density at radius 2 is 1.86 bits per heavy atom. The highest BCUT2D eigenvalue weighted by atomic mass is 19.4. The average molecular weight is 532 g/mol. The van der Waals surface area contributed by atoms with Crippen molar-refractivity contribution in [2.45, 2.75) is 37.5 Å². The zero-order chi connectivity index (χ0) is 27.3. The van der Waals surface area contributed by atoms with Gasteiger partial charge in [-0.2, -0.15) is 18.3 Å². The topological polar surface area (TPSA) is 87.4 Å². The molecule has 0 spiro atoms. The van der Waals surface area contributed by atoms with E-state index in [0.717, 1.165) is 24.1 Å². The fourth-order valence-electron chi connectivity index (χ4n) is 4.47. The van der Waals surface area contributed by atoms with Gasteiger partial charge < -0.3 is 14.8 Å². The largest absolute Gasteiger partial charge is 0.490 e. The molecule has 0 radical (unpaired) electrons. The van der Waals surface area contributed by atoms with Crippen LogP contribution in [0.2, 0.25) is 0 Å². The van der Waals surface area contributed by atoms with Gasteiger partial charge in [0.1, 0.15) is 11.2 Å². The Bertz CT molecular complexity index is 1460. The lowest BCUT2D eigenvalue weighted by Crippen LogP contribution is -2.52. The Hall–Kier alpha value is -3.55. The molecule has 3 heterocycles. The maximum atomic E-state index is 14.8. The van der Waals surface area contributed by atoms with Crippen LogP contribution in [0.3, 0.4) is 0 Å². The molecule has 2 aromatic heterocycles. The molecule has 4 rings (SSSR count). The summed E-state index contributed by atoms with van der Waals surface area (Å²) in [7, 11) is 2.27. The van der Waals surface area contributed by atoms with Gasteiger partial charge in [-0.3, -0.25) is 14.2 Å². The molecule has 0 amide bonds. The highest BCUT2D eigenvalue weighted by Gasteiger charge is 2.59. The minimum absolute atomic E-state index is 0.169. The summed E-state index contributed by atoms with van der Waals surface area (Å²) in [6, 6.07) is 2.40. The minimum atomic E-state index is -4.90. The third kappa shape index (κ3) is 4.22. The van der Waals surface area contributed by atoms with Gasteiger partial charge in [-0.05, 0) is 6.92 Å². The number of ether oxygens (including phenoxy) is 2. The first-order valence-electron chi connectivity index (χ1n) is 11.0. The molecule has 8 nitrogen and oxygen atoms in total. The van der Waals surface area contributed by atoms with E-state index in [0.29, 0.717) is 4.57 Å². The van der Waals surface area contributed by atoms with E-state index in [1.165, 1.54) is 26.1 Å². The van der Waals surface area contributed by atoms with Crippen LogP contribution in [-0.2, 0) is 17.3 Å². The highest BCUT2D eigenvalue weighted by Crippen LogP contribution is 2.43. The van der Waals surface area contributed by atoms with Gasteiger partial charge >= 0.3 is 6.18 Å². The number of hydrogen-bond donors (Lipinski definition) is 1. The number of pyridine rings is 1. The number of alkyl halides is 5. The fraction of sp³-hybridized carbons (Fsp3) is 0.435. The van der Waals surface area contributed by atoms with Crippen LogP contribution in [0.1, 0.15) is 36.9 Å². The van der Waals surface area contributed by atoms with Crippen LogP contribution >= 0.6 is 0 Å². The predicted octanol–water partition coefficient (Wildman–Crippen LogP) is 4.03. The van der Waals surface area contributed by atoms with E-state index < -0.39 is 65.5 Å². The maximum absolute atomic E-state index is 14.8. The number of nitrogens with one attached hydrogen (secondary N) is 1. The van der Waals surface area contributed by atoms with Gasteiger partial charge in [-0.25, -0.2) is 17.9 Å². The first-order chi connectivity index (χ1) is 17.3. The van der Waals surface area contributed by atoms with Gasteiger partial charge in [0.2, 0.25) is 0 Å². The Morgan fingerprint density at radius 1 is 1.19 bits per heavy atom. The molecule has 0 saturated carbocycles. The number of benzene rings is 1. The van der Waals surface area contributed by atoms with Crippen LogP contribution in [-0.4, -0.2) is 40.8 Å². The molecule has 3 aromatic rings. The molecule has 2 atom stereocenters. The van der Waals surface area contributed by atoms with Crippen LogP contribution in [0.15, 0.2) is 34.0 Å². The Kier molecular flexibility index (Phi) is 6.73. The first-order valence-corrected chi connectivity index (χ1v) is 11.0. The second kappa shape index (κ2) is 9.39. The van der Waals surface area contributed by atoms with Gasteiger partial charge in [-0.15, -0.1) is 0 Å². The van der Waals surface area contributed by atoms with Gasteiger partial charge in [-0.1, -0.05) is 18.2 Å². The zero-order valence-electron chi connectivity index (χ0n) is 19.8. The maximum Gasteiger partial charge on any atom is 0.414 e. The molecular formula is C23H22F6N4O4. The number of halogens is 6. The lowest BCUT2D eigenvalue weighted by atomic mass is 9.96. The van der Waals surface area contributed by atoms with Gasteiger partial charge in [0.25, 0.3) is 17.5 Å². The van der Waals surface area contributed by atoms with Gasteiger partial charge in [0, 0.05) is 31.8 Å². The molecule has 1 aliphatic rings. The van der Waals surface area contributed by atoms with E-state index in [2.05, 4.69) is 10.4 Å². The fourth-order valence-corrected chi connectivity index (χ4v) is 4.47. The number of aromatic nitrogens is 3. The molecule has 14 heteroatoms. The number of fused-ring (bicyclic) bond motifs is 1. The van der Waals surface area contributed by atoms with Crippen LogP contribution < -0.4 is 21.2 Å². The van der Waals surface area contributed by atoms with Crippen molar-refractivity contribution in [1.82, 2.24) is 14.3 Å². The Morgan fingerprint density at radius 3 is 2.43 bits per heavy atom. The number of hydrogen-bond acceptors (Lipinski definition) is 6. The summed E-state index contributed by atoms with van der Waals surface area (Å²) in [6.07, 6.45) is -7.69. The van der Waals surface area contributed by atoms with Gasteiger partial charge in [0.05, 0.1) is 30.7 Å². The molecule has 0 bridgehead atoms. The zero-order valence-corrected chi connectivity index (χ0v) is 19.8. The Balaban J connectivity index is 1.97. The van der Waals surface area contributed by atoms with E-state index in [4.69, 9.17) is 9.47 Å². The van der Waals surface area contributed by atoms with Crippen molar-refractivity contribution < 1.29 is 35.8 Å². The van der Waals surface area contributed by atoms with Gasteiger partial charge in [0.15, 0.2) is 17.1 Å². The molecular weight excluding hydrogens is 510 g/mol. The lowest BCUT2D eigenvalue weighted by Gasteiger charge is -2.33. The third-order valence-corrected chi connectivity index (χ3v) is 6.49. The number of nitrogens with zero attached hydrogens (tertiary/aromatic N) is 3. The van der Waals surface area contributed by atoms with Crippen LogP contribution in [0.5, 0.6) is 5.75 Å². The summed E-state index contributed by atoms with van der Waals surface area (Å²) in [4.78, 5) is 26.1. The van der Waals surface area contributed by atoms with E-state index in [-0.39, 0.29) is 28.8 Å². The SMILES string of the molecule is COc1c(=O)n([C@]2(C(F)(F)F)CCOC2)cc2c(N[C@H](C)c3cccc(C(F)F)c3F)nn(C)c(=O)c12. The summed E-state index contributed by atoms with van der Waals surface area (Å²) in [6.45, 7) is 0.318. The number of anilines is 1. The molecule has 0 unspecified atom stereocenters. The molecule has 37 heavy (non-hydrogen) atoms. The summed E-state index contributed by atoms with van der Waals surface area (Å²) in [5.74, 6) is -2.01. The normalized spacial score (nSPS) is 19.0. The van der Waals surface area contributed by atoms with Crippen molar-refractivity contribution in [2.75, 3.05) is 25.6 Å². The summed E-state index contributed by atoms with van der Waals surface area (Å²) in [5.41, 5.74) is -5.75. The summed E-state index contributed by atoms with van der Waals surface area (Å²) in [5, 5.41) is 6.26. The Labute approximate surface area is 205 Å². The molecule has 1 aromatic carbocycles. The molecule has 1 aliphatic heterocycles. The van der Waals surface area contributed by atoms with Crippen molar-refractivity contribution >= 4 is 16.6 Å². The molecule has 0 aliphatic carbocycles. The molecule has 1 N–H and O–H groups in total. The molecule has 1 saturated heterocycles. The van der Waals surface area contributed by atoms with Crippen LogP contribution in [0, 0.1) is 5.82 Å². The second-order valence-corrected chi connectivity index (χ2v) is 8.65. The summed E-state index contributed by atoms with van der Waals surface area (Å²) < 4.78 is 95.3. The monoisotopic (exact) mass is 532 g/mol. The van der Waals surface area contributed by atoms with Crippen LogP contribution in [0.25, 0.3) is 10.8 Å². The van der Waals surface area contributed by atoms with E-state index >= 15 is 0 Å². The molecule has 1 fully saturated rings. The summed E-state index contributed by atoms with van der Waals surface area (Å²) >= 11 is 0. The van der Waals surface area contributed by atoms with E-state index in [1.807, 2.05) is 0 Å². The molecule has 200 valence electrons. The van der Waals surface area contributed by atoms with Crippen molar-refractivity contribution in [3.8, 4) is 5.75 Å². The lowest BCUT2D eigenvalue weighted by molar-refractivity contribution is -0.214. The van der Waals surface area contributed by atoms with Crippen molar-refractivity contribution in [1.29, 1.82) is 0 Å². The number of methoxy groups -OCH3 is 1. The first kappa shape index (κ1) is 26.5. The van der Waals surface area contributed by atoms with Crippen LogP contribution in [0.4, 0.5) is 32.2 Å². The third-order valence-electron chi connectivity index (χ3n) is 6.49. The predicted molar refractivity (Wildman–Crippen MR) is 121 cm³/mol. The smallest absolute Gasteiger partial charge is 0.414 e. The quantitative estimate of drug-likeness (QED) is 0.483. The van der Waals surface area contributed by atoms with Crippen molar-refractivity contribution in [3.63, 3.8) is 0 Å². The van der Waals surface area contributed by atoms with E-state index in [1.54, 1.807) is 0 Å². The minimum Gasteiger partial charge on any atom is -0.490 e. The van der Waals surface area contributed by atoms with E-state index in [9.17, 15) is 35.9 Å². The second-order valence-electron chi connectivity index (χ2n) is 8.65. The average Bonchev–Trinajstić information content (AvgIpc) is 3.33.